The SMILES string of the molecule is CC(C)c1ccc(C(=O)NC2CCN(C(=N)N)CC2)cc1. The summed E-state index contributed by atoms with van der Waals surface area (Å²) in [5, 5.41) is 10.5. The highest BCUT2D eigenvalue weighted by Crippen LogP contribution is 2.15. The largest absolute Gasteiger partial charge is 0.370 e. The molecule has 1 aromatic carbocycles. The van der Waals surface area contributed by atoms with Crippen molar-refractivity contribution in [2.75, 3.05) is 13.1 Å². The highest BCUT2D eigenvalue weighted by molar-refractivity contribution is 5.94. The topological polar surface area (TPSA) is 82.2 Å². The summed E-state index contributed by atoms with van der Waals surface area (Å²) < 4.78 is 0. The predicted octanol–water partition coefficient (Wildman–Crippen LogP) is 1.90. The molecule has 1 fully saturated rings. The van der Waals surface area contributed by atoms with Gasteiger partial charge in [0.15, 0.2) is 5.96 Å². The average Bonchev–Trinajstić information content (AvgIpc) is 2.47. The maximum absolute atomic E-state index is 12.2. The van der Waals surface area contributed by atoms with Crippen LogP contribution in [-0.4, -0.2) is 35.9 Å². The van der Waals surface area contributed by atoms with E-state index in [0.29, 0.717) is 11.5 Å². The Balaban J connectivity index is 1.89. The number of guanidine groups is 1. The number of nitrogens with zero attached hydrogens (tertiary/aromatic N) is 1. The van der Waals surface area contributed by atoms with E-state index in [0.717, 1.165) is 25.9 Å². The van der Waals surface area contributed by atoms with Crippen LogP contribution < -0.4 is 11.1 Å². The molecule has 0 spiro atoms. The Kier molecular flexibility index (Phi) is 4.83. The fraction of sp³-hybridized carbons (Fsp3) is 0.500. The highest BCUT2D eigenvalue weighted by atomic mass is 16.1. The quantitative estimate of drug-likeness (QED) is 0.587. The second-order valence-electron chi connectivity index (χ2n) is 5.90. The first kappa shape index (κ1) is 15.4. The number of likely N-dealkylation sites (tertiary alicyclic amines) is 1. The zero-order valence-corrected chi connectivity index (χ0v) is 12.7. The number of nitrogens with two attached hydrogens (primary N) is 1. The van der Waals surface area contributed by atoms with Gasteiger partial charge in [-0.1, -0.05) is 26.0 Å². The molecule has 0 unspecified atom stereocenters. The number of carbonyl (C=O) groups is 1. The van der Waals surface area contributed by atoms with E-state index in [9.17, 15) is 4.79 Å². The van der Waals surface area contributed by atoms with Gasteiger partial charge in [0, 0.05) is 24.7 Å². The van der Waals surface area contributed by atoms with Gasteiger partial charge < -0.3 is 16.0 Å². The molecule has 4 N–H and O–H groups in total. The lowest BCUT2D eigenvalue weighted by molar-refractivity contribution is 0.0922. The highest BCUT2D eigenvalue weighted by Gasteiger charge is 2.21. The molecule has 5 heteroatoms. The Morgan fingerprint density at radius 1 is 1.29 bits per heavy atom. The number of benzene rings is 1. The summed E-state index contributed by atoms with van der Waals surface area (Å²) >= 11 is 0. The van der Waals surface area contributed by atoms with Crippen molar-refractivity contribution in [3.8, 4) is 0 Å². The standard InChI is InChI=1S/C16H24N4O/c1-11(2)12-3-5-13(6-4-12)15(21)19-14-7-9-20(10-8-14)16(17)18/h3-6,11,14H,7-10H2,1-2H3,(H3,17,18)(H,19,21). The van der Waals surface area contributed by atoms with Crippen molar-refractivity contribution in [2.45, 2.75) is 38.6 Å². The first-order valence-electron chi connectivity index (χ1n) is 7.47. The lowest BCUT2D eigenvalue weighted by Gasteiger charge is -2.32. The van der Waals surface area contributed by atoms with Crippen molar-refractivity contribution in [3.63, 3.8) is 0 Å². The van der Waals surface area contributed by atoms with E-state index < -0.39 is 0 Å². The number of hydrogen-bond donors (Lipinski definition) is 3. The number of carbonyl (C=O) groups excluding carboxylic acids is 1. The van der Waals surface area contributed by atoms with Gasteiger partial charge in [0.25, 0.3) is 5.91 Å². The Hall–Kier alpha value is -2.04. The Morgan fingerprint density at radius 2 is 1.86 bits per heavy atom. The molecule has 2 rings (SSSR count). The molecule has 0 saturated carbocycles. The fourth-order valence-electron chi connectivity index (χ4n) is 2.55. The van der Waals surface area contributed by atoms with E-state index in [1.54, 1.807) is 0 Å². The summed E-state index contributed by atoms with van der Waals surface area (Å²) in [5.41, 5.74) is 7.40. The predicted molar refractivity (Wildman–Crippen MR) is 84.5 cm³/mol. The molecule has 0 aromatic heterocycles. The van der Waals surface area contributed by atoms with E-state index in [4.69, 9.17) is 11.1 Å². The van der Waals surface area contributed by atoms with Gasteiger partial charge in [-0.25, -0.2) is 0 Å². The number of amides is 1. The van der Waals surface area contributed by atoms with Crippen molar-refractivity contribution in [3.05, 3.63) is 35.4 Å². The smallest absolute Gasteiger partial charge is 0.251 e. The van der Waals surface area contributed by atoms with E-state index in [-0.39, 0.29) is 17.9 Å². The van der Waals surface area contributed by atoms with Crippen LogP contribution in [0.1, 0.15) is 48.5 Å². The molecular formula is C16H24N4O. The molecule has 0 atom stereocenters. The normalized spacial score (nSPS) is 16.0. The van der Waals surface area contributed by atoms with E-state index in [1.165, 1.54) is 5.56 Å². The van der Waals surface area contributed by atoms with E-state index in [1.807, 2.05) is 29.2 Å². The summed E-state index contributed by atoms with van der Waals surface area (Å²) in [4.78, 5) is 14.1. The second kappa shape index (κ2) is 6.61. The van der Waals surface area contributed by atoms with Gasteiger partial charge >= 0.3 is 0 Å². The summed E-state index contributed by atoms with van der Waals surface area (Å²) in [6.45, 7) is 5.73. The van der Waals surface area contributed by atoms with Crippen LogP contribution in [0.2, 0.25) is 0 Å². The molecule has 21 heavy (non-hydrogen) atoms. The number of nitrogens with one attached hydrogen (secondary N) is 2. The molecule has 0 bridgehead atoms. The van der Waals surface area contributed by atoms with Crippen LogP contribution in [0.25, 0.3) is 0 Å². The minimum atomic E-state index is -0.0217. The Bertz CT molecular complexity index is 502. The van der Waals surface area contributed by atoms with E-state index >= 15 is 0 Å². The number of piperidine rings is 1. The van der Waals surface area contributed by atoms with Crippen molar-refractivity contribution in [2.24, 2.45) is 5.73 Å². The van der Waals surface area contributed by atoms with Crippen LogP contribution in [0.5, 0.6) is 0 Å². The van der Waals surface area contributed by atoms with Gasteiger partial charge in [-0.15, -0.1) is 0 Å². The van der Waals surface area contributed by atoms with Crippen LogP contribution in [0, 0.1) is 5.41 Å². The first-order valence-corrected chi connectivity index (χ1v) is 7.47. The molecule has 1 aromatic rings. The van der Waals surface area contributed by atoms with Crippen molar-refractivity contribution >= 4 is 11.9 Å². The summed E-state index contributed by atoms with van der Waals surface area (Å²) in [7, 11) is 0. The van der Waals surface area contributed by atoms with Crippen LogP contribution >= 0.6 is 0 Å². The molecule has 1 saturated heterocycles. The minimum Gasteiger partial charge on any atom is -0.370 e. The monoisotopic (exact) mass is 288 g/mol. The van der Waals surface area contributed by atoms with Gasteiger partial charge in [-0.05, 0) is 36.5 Å². The van der Waals surface area contributed by atoms with Crippen molar-refractivity contribution in [1.29, 1.82) is 5.41 Å². The molecule has 1 aliphatic heterocycles. The average molecular weight is 288 g/mol. The maximum Gasteiger partial charge on any atom is 0.251 e. The Labute approximate surface area is 126 Å². The molecule has 0 radical (unpaired) electrons. The summed E-state index contributed by atoms with van der Waals surface area (Å²) in [5.74, 6) is 0.564. The Morgan fingerprint density at radius 3 is 2.33 bits per heavy atom. The van der Waals surface area contributed by atoms with Crippen LogP contribution in [0.4, 0.5) is 0 Å². The van der Waals surface area contributed by atoms with Gasteiger partial charge in [0.2, 0.25) is 0 Å². The molecule has 114 valence electrons. The fourth-order valence-corrected chi connectivity index (χ4v) is 2.55. The second-order valence-corrected chi connectivity index (χ2v) is 5.90. The zero-order valence-electron chi connectivity index (χ0n) is 12.7. The van der Waals surface area contributed by atoms with Gasteiger partial charge in [0.1, 0.15) is 0 Å². The zero-order chi connectivity index (χ0) is 15.4. The maximum atomic E-state index is 12.2. The number of hydrogen-bond acceptors (Lipinski definition) is 2. The van der Waals surface area contributed by atoms with Crippen LogP contribution in [0.3, 0.4) is 0 Å². The van der Waals surface area contributed by atoms with Gasteiger partial charge in [-0.2, -0.15) is 0 Å². The van der Waals surface area contributed by atoms with Gasteiger partial charge in [-0.3, -0.25) is 10.2 Å². The van der Waals surface area contributed by atoms with Crippen molar-refractivity contribution in [1.82, 2.24) is 10.2 Å². The van der Waals surface area contributed by atoms with Crippen LogP contribution in [-0.2, 0) is 0 Å². The molecule has 5 nitrogen and oxygen atoms in total. The lowest BCUT2D eigenvalue weighted by Crippen LogP contribution is -2.48. The van der Waals surface area contributed by atoms with E-state index in [2.05, 4.69) is 19.2 Å². The van der Waals surface area contributed by atoms with Gasteiger partial charge in [0.05, 0.1) is 0 Å². The first-order chi connectivity index (χ1) is 9.97. The third kappa shape index (κ3) is 3.97. The molecule has 0 aliphatic carbocycles. The van der Waals surface area contributed by atoms with Crippen LogP contribution in [0.15, 0.2) is 24.3 Å². The summed E-state index contributed by atoms with van der Waals surface area (Å²) in [6.07, 6.45) is 1.66. The lowest BCUT2D eigenvalue weighted by atomic mass is 10.0. The third-order valence-corrected chi connectivity index (χ3v) is 4.01. The van der Waals surface area contributed by atoms with Crippen molar-refractivity contribution < 1.29 is 4.79 Å². The molecule has 1 amide bonds. The molecule has 1 heterocycles. The summed E-state index contributed by atoms with van der Waals surface area (Å²) in [6, 6.07) is 7.96. The third-order valence-electron chi connectivity index (χ3n) is 4.01. The minimum absolute atomic E-state index is 0.0217. The number of rotatable bonds is 3. The molecule has 1 aliphatic rings. The molecular weight excluding hydrogens is 264 g/mol.